The SMILES string of the molecule is CCOC(=O)c1sc(Oc2ccc(OC)c(OC)c2)c2c1CCc1cn[nH]c1-2. The maximum absolute atomic E-state index is 12.5. The quantitative estimate of drug-likeness (QED) is 0.624. The van der Waals surface area contributed by atoms with Crippen LogP contribution in [-0.4, -0.2) is 37.0 Å². The topological polar surface area (TPSA) is 82.7 Å². The zero-order chi connectivity index (χ0) is 19.7. The second-order valence-electron chi connectivity index (χ2n) is 6.18. The molecule has 0 atom stereocenters. The predicted octanol–water partition coefficient (Wildman–Crippen LogP) is 4.22. The molecule has 2 aromatic heterocycles. The number of nitrogens with zero attached hydrogens (tertiary/aromatic N) is 1. The van der Waals surface area contributed by atoms with Crippen LogP contribution >= 0.6 is 11.3 Å². The Kier molecular flexibility index (Phi) is 4.95. The fourth-order valence-electron chi connectivity index (χ4n) is 3.33. The Hall–Kier alpha value is -3.00. The molecule has 0 aliphatic heterocycles. The smallest absolute Gasteiger partial charge is 0.348 e. The van der Waals surface area contributed by atoms with E-state index in [-0.39, 0.29) is 5.97 Å². The number of fused-ring (bicyclic) bond motifs is 3. The summed E-state index contributed by atoms with van der Waals surface area (Å²) >= 11 is 1.29. The number of aromatic amines is 1. The number of methoxy groups -OCH3 is 2. The van der Waals surface area contributed by atoms with E-state index in [4.69, 9.17) is 18.9 Å². The van der Waals surface area contributed by atoms with Gasteiger partial charge in [-0.15, -0.1) is 0 Å². The van der Waals surface area contributed by atoms with E-state index in [0.717, 1.165) is 35.2 Å². The number of esters is 1. The lowest BCUT2D eigenvalue weighted by Gasteiger charge is -2.15. The number of rotatable bonds is 6. The van der Waals surface area contributed by atoms with Crippen molar-refractivity contribution in [2.24, 2.45) is 0 Å². The number of hydrogen-bond acceptors (Lipinski definition) is 7. The molecule has 1 aromatic carbocycles. The van der Waals surface area contributed by atoms with Crippen molar-refractivity contribution in [2.45, 2.75) is 19.8 Å². The molecule has 0 radical (unpaired) electrons. The minimum Gasteiger partial charge on any atom is -0.493 e. The van der Waals surface area contributed by atoms with Gasteiger partial charge in [0.25, 0.3) is 0 Å². The van der Waals surface area contributed by atoms with E-state index >= 15 is 0 Å². The summed E-state index contributed by atoms with van der Waals surface area (Å²) < 4.78 is 22.1. The molecule has 146 valence electrons. The minimum absolute atomic E-state index is 0.325. The number of carbonyl (C=O) groups is 1. The van der Waals surface area contributed by atoms with Gasteiger partial charge in [-0.25, -0.2) is 4.79 Å². The molecule has 28 heavy (non-hydrogen) atoms. The number of H-pyrrole nitrogens is 1. The van der Waals surface area contributed by atoms with Crippen LogP contribution in [0, 0.1) is 0 Å². The van der Waals surface area contributed by atoms with E-state index in [2.05, 4.69) is 10.2 Å². The van der Waals surface area contributed by atoms with E-state index in [1.807, 2.05) is 6.20 Å². The summed E-state index contributed by atoms with van der Waals surface area (Å²) in [5, 5.41) is 7.83. The first-order valence-corrected chi connectivity index (χ1v) is 9.73. The highest BCUT2D eigenvalue weighted by atomic mass is 32.1. The summed E-state index contributed by atoms with van der Waals surface area (Å²) in [6.45, 7) is 2.12. The van der Waals surface area contributed by atoms with E-state index in [0.29, 0.717) is 33.8 Å². The number of benzene rings is 1. The van der Waals surface area contributed by atoms with Crippen LogP contribution in [0.3, 0.4) is 0 Å². The molecule has 0 amide bonds. The van der Waals surface area contributed by atoms with Crippen LogP contribution in [0.5, 0.6) is 22.3 Å². The molecule has 1 N–H and O–H groups in total. The van der Waals surface area contributed by atoms with Crippen molar-refractivity contribution in [3.05, 3.63) is 40.4 Å². The van der Waals surface area contributed by atoms with E-state index in [1.165, 1.54) is 11.3 Å². The van der Waals surface area contributed by atoms with Crippen molar-refractivity contribution >= 4 is 17.3 Å². The standard InChI is InChI=1S/C20H20N2O5S/c1-4-26-19(23)18-13-7-5-11-10-21-22-17(11)16(13)20(28-18)27-12-6-8-14(24-2)15(9-12)25-3/h6,8-10H,4-5,7H2,1-3H3,(H,21,22). The molecule has 3 aromatic rings. The zero-order valence-corrected chi connectivity index (χ0v) is 16.6. The summed E-state index contributed by atoms with van der Waals surface area (Å²) in [6, 6.07) is 5.34. The number of nitrogens with one attached hydrogen (secondary N) is 1. The predicted molar refractivity (Wildman–Crippen MR) is 105 cm³/mol. The van der Waals surface area contributed by atoms with Gasteiger partial charge in [-0.05, 0) is 43.0 Å². The molecule has 0 fully saturated rings. The van der Waals surface area contributed by atoms with Gasteiger partial charge in [0.1, 0.15) is 10.6 Å². The van der Waals surface area contributed by atoms with Crippen molar-refractivity contribution in [1.82, 2.24) is 10.2 Å². The third-order valence-corrected chi connectivity index (χ3v) is 5.70. The second-order valence-corrected chi connectivity index (χ2v) is 7.16. The van der Waals surface area contributed by atoms with Crippen LogP contribution in [0.4, 0.5) is 0 Å². The van der Waals surface area contributed by atoms with Gasteiger partial charge in [0.15, 0.2) is 16.6 Å². The maximum atomic E-state index is 12.5. The summed E-state index contributed by atoms with van der Waals surface area (Å²) in [5.74, 6) is 1.45. The number of ether oxygens (including phenoxy) is 4. The first-order valence-electron chi connectivity index (χ1n) is 8.91. The van der Waals surface area contributed by atoms with Gasteiger partial charge >= 0.3 is 5.97 Å². The van der Waals surface area contributed by atoms with Crippen molar-refractivity contribution in [3.63, 3.8) is 0 Å². The molecule has 8 heteroatoms. The van der Waals surface area contributed by atoms with Gasteiger partial charge in [-0.3, -0.25) is 5.10 Å². The molecule has 4 rings (SSSR count). The Balaban J connectivity index is 1.78. The average molecular weight is 400 g/mol. The van der Waals surface area contributed by atoms with Crippen LogP contribution < -0.4 is 14.2 Å². The number of aryl methyl sites for hydroxylation is 1. The Labute approximate surface area is 166 Å². The molecular weight excluding hydrogens is 380 g/mol. The van der Waals surface area contributed by atoms with Gasteiger partial charge in [0.2, 0.25) is 0 Å². The molecule has 7 nitrogen and oxygen atoms in total. The van der Waals surface area contributed by atoms with Crippen molar-refractivity contribution in [1.29, 1.82) is 0 Å². The highest BCUT2D eigenvalue weighted by Crippen LogP contribution is 2.48. The van der Waals surface area contributed by atoms with E-state index < -0.39 is 0 Å². The highest BCUT2D eigenvalue weighted by Gasteiger charge is 2.31. The lowest BCUT2D eigenvalue weighted by Crippen LogP contribution is -2.08. The molecule has 0 unspecified atom stereocenters. The zero-order valence-electron chi connectivity index (χ0n) is 15.8. The van der Waals surface area contributed by atoms with Crippen LogP contribution in [0.1, 0.15) is 27.7 Å². The summed E-state index contributed by atoms with van der Waals surface area (Å²) in [4.78, 5) is 13.1. The van der Waals surface area contributed by atoms with Crippen molar-refractivity contribution < 1.29 is 23.7 Å². The van der Waals surface area contributed by atoms with Gasteiger partial charge in [-0.1, -0.05) is 11.3 Å². The van der Waals surface area contributed by atoms with Crippen LogP contribution in [0.25, 0.3) is 11.3 Å². The Morgan fingerprint density at radius 2 is 2.04 bits per heavy atom. The molecular formula is C20H20N2O5S. The maximum Gasteiger partial charge on any atom is 0.348 e. The largest absolute Gasteiger partial charge is 0.493 e. The third-order valence-electron chi connectivity index (χ3n) is 4.61. The Morgan fingerprint density at radius 3 is 2.79 bits per heavy atom. The van der Waals surface area contributed by atoms with Gasteiger partial charge in [-0.2, -0.15) is 5.10 Å². The molecule has 1 aliphatic carbocycles. The molecule has 0 bridgehead atoms. The van der Waals surface area contributed by atoms with E-state index in [9.17, 15) is 4.79 Å². The highest BCUT2D eigenvalue weighted by molar-refractivity contribution is 7.16. The molecule has 0 spiro atoms. The lowest BCUT2D eigenvalue weighted by molar-refractivity contribution is 0.0531. The van der Waals surface area contributed by atoms with Crippen LogP contribution in [0.2, 0.25) is 0 Å². The average Bonchev–Trinajstić information content (AvgIpc) is 3.32. The number of carbonyl (C=O) groups excluding carboxylic acids is 1. The summed E-state index contributed by atoms with van der Waals surface area (Å²) in [6.07, 6.45) is 3.37. The van der Waals surface area contributed by atoms with E-state index in [1.54, 1.807) is 39.3 Å². The molecule has 1 aliphatic rings. The summed E-state index contributed by atoms with van der Waals surface area (Å²) in [5.41, 5.74) is 3.82. The van der Waals surface area contributed by atoms with Crippen molar-refractivity contribution in [3.8, 4) is 33.6 Å². The van der Waals surface area contributed by atoms with Crippen LogP contribution in [0.15, 0.2) is 24.4 Å². The molecule has 2 heterocycles. The number of thiophene rings is 1. The fourth-order valence-corrected chi connectivity index (χ4v) is 4.45. The Morgan fingerprint density at radius 1 is 1.21 bits per heavy atom. The summed E-state index contributed by atoms with van der Waals surface area (Å²) in [7, 11) is 3.16. The first-order chi connectivity index (χ1) is 13.7. The third kappa shape index (κ3) is 3.09. The lowest BCUT2D eigenvalue weighted by atomic mass is 9.92. The van der Waals surface area contributed by atoms with Crippen molar-refractivity contribution in [2.75, 3.05) is 20.8 Å². The molecule has 0 saturated carbocycles. The fraction of sp³-hybridized carbons (Fsp3) is 0.300. The van der Waals surface area contributed by atoms with Gasteiger partial charge in [0, 0.05) is 6.07 Å². The number of aromatic nitrogens is 2. The monoisotopic (exact) mass is 400 g/mol. The van der Waals surface area contributed by atoms with Gasteiger partial charge < -0.3 is 18.9 Å². The van der Waals surface area contributed by atoms with Gasteiger partial charge in [0.05, 0.1) is 38.3 Å². The Bertz CT molecular complexity index is 1020. The normalized spacial score (nSPS) is 12.1. The second kappa shape index (κ2) is 7.55. The minimum atomic E-state index is -0.325. The first kappa shape index (κ1) is 18.4. The van der Waals surface area contributed by atoms with Crippen LogP contribution in [-0.2, 0) is 17.6 Å². The molecule has 0 saturated heterocycles. The number of hydrogen-bond donors (Lipinski definition) is 1.